The molecule has 9 heteroatoms. The van der Waals surface area contributed by atoms with Gasteiger partial charge in [-0.25, -0.2) is 4.79 Å². The lowest BCUT2D eigenvalue weighted by atomic mass is 10.2. The van der Waals surface area contributed by atoms with E-state index in [2.05, 4.69) is 10.6 Å². The van der Waals surface area contributed by atoms with E-state index in [0.717, 1.165) is 6.42 Å². The number of nitrogens with zero attached hydrogens (tertiary/aromatic N) is 3. The van der Waals surface area contributed by atoms with Crippen molar-refractivity contribution >= 4 is 23.3 Å². The lowest BCUT2D eigenvalue weighted by Gasteiger charge is -2.35. The minimum Gasteiger partial charge on any atom is -0.362 e. The van der Waals surface area contributed by atoms with E-state index < -0.39 is 4.92 Å². The van der Waals surface area contributed by atoms with Gasteiger partial charge < -0.3 is 20.4 Å². The van der Waals surface area contributed by atoms with Crippen molar-refractivity contribution in [3.63, 3.8) is 0 Å². The maximum absolute atomic E-state index is 12.2. The van der Waals surface area contributed by atoms with Gasteiger partial charge in [-0.05, 0) is 19.4 Å². The minimum absolute atomic E-state index is 0.0720. The van der Waals surface area contributed by atoms with Gasteiger partial charge in [0, 0.05) is 51.3 Å². The summed E-state index contributed by atoms with van der Waals surface area (Å²) in [4.78, 5) is 38.3. The molecule has 0 aliphatic carbocycles. The van der Waals surface area contributed by atoms with Gasteiger partial charge in [0.25, 0.3) is 5.69 Å². The van der Waals surface area contributed by atoms with Gasteiger partial charge in [0.2, 0.25) is 5.91 Å². The third-order valence-electron chi connectivity index (χ3n) is 4.63. The highest BCUT2D eigenvalue weighted by Gasteiger charge is 2.25. The van der Waals surface area contributed by atoms with Crippen LogP contribution in [0.15, 0.2) is 24.3 Å². The summed E-state index contributed by atoms with van der Waals surface area (Å²) < 4.78 is 0. The van der Waals surface area contributed by atoms with Crippen LogP contribution in [0.25, 0.3) is 0 Å². The van der Waals surface area contributed by atoms with Crippen molar-refractivity contribution in [2.75, 3.05) is 37.6 Å². The van der Waals surface area contributed by atoms with E-state index in [1.807, 2.05) is 18.7 Å². The predicted octanol–water partition coefficient (Wildman–Crippen LogP) is 1.73. The summed E-state index contributed by atoms with van der Waals surface area (Å²) in [5, 5.41) is 16.8. The van der Waals surface area contributed by atoms with E-state index in [1.54, 1.807) is 23.1 Å². The SMILES string of the molecule is CCC(C)NC(=O)CCNC(=O)N1CCN(c2ccccc2[N+](=O)[O-])CC1. The summed E-state index contributed by atoms with van der Waals surface area (Å²) in [6.45, 7) is 6.20. The van der Waals surface area contributed by atoms with E-state index >= 15 is 0 Å². The molecule has 2 rings (SSSR count). The topological polar surface area (TPSA) is 108 Å². The largest absolute Gasteiger partial charge is 0.362 e. The van der Waals surface area contributed by atoms with E-state index in [-0.39, 0.29) is 36.6 Å². The van der Waals surface area contributed by atoms with E-state index in [1.165, 1.54) is 6.07 Å². The second-order valence-corrected chi connectivity index (χ2v) is 6.58. The van der Waals surface area contributed by atoms with Crippen molar-refractivity contribution in [3.05, 3.63) is 34.4 Å². The Hall–Kier alpha value is -2.84. The molecule has 0 radical (unpaired) electrons. The van der Waals surface area contributed by atoms with Crippen LogP contribution in [0.2, 0.25) is 0 Å². The number of nitro groups is 1. The zero-order valence-electron chi connectivity index (χ0n) is 15.8. The molecule has 0 aromatic heterocycles. The average molecular weight is 377 g/mol. The van der Waals surface area contributed by atoms with Crippen LogP contribution in [0.3, 0.4) is 0 Å². The first-order chi connectivity index (χ1) is 12.9. The normalized spacial score (nSPS) is 15.2. The Morgan fingerprint density at radius 2 is 1.89 bits per heavy atom. The molecule has 1 unspecified atom stereocenters. The van der Waals surface area contributed by atoms with Crippen LogP contribution in [-0.4, -0.2) is 60.5 Å². The number of rotatable bonds is 7. The van der Waals surface area contributed by atoms with Gasteiger partial charge in [-0.2, -0.15) is 0 Å². The Labute approximate surface area is 158 Å². The molecule has 2 N–H and O–H groups in total. The summed E-state index contributed by atoms with van der Waals surface area (Å²) in [7, 11) is 0. The molecule has 27 heavy (non-hydrogen) atoms. The number of para-hydroxylation sites is 2. The number of nitro benzene ring substituents is 1. The minimum atomic E-state index is -0.390. The van der Waals surface area contributed by atoms with Gasteiger partial charge in [0.15, 0.2) is 0 Å². The number of benzene rings is 1. The highest BCUT2D eigenvalue weighted by molar-refractivity contribution is 5.78. The number of piperazine rings is 1. The first-order valence-corrected chi connectivity index (χ1v) is 9.22. The van der Waals surface area contributed by atoms with Crippen LogP contribution in [0.4, 0.5) is 16.2 Å². The van der Waals surface area contributed by atoms with Crippen molar-refractivity contribution in [1.29, 1.82) is 0 Å². The second-order valence-electron chi connectivity index (χ2n) is 6.58. The first-order valence-electron chi connectivity index (χ1n) is 9.22. The van der Waals surface area contributed by atoms with E-state index in [4.69, 9.17) is 0 Å². The maximum atomic E-state index is 12.2. The van der Waals surface area contributed by atoms with Crippen molar-refractivity contribution in [2.45, 2.75) is 32.7 Å². The fourth-order valence-electron chi connectivity index (χ4n) is 2.88. The molecule has 0 bridgehead atoms. The molecule has 1 saturated heterocycles. The summed E-state index contributed by atoms with van der Waals surface area (Å²) >= 11 is 0. The van der Waals surface area contributed by atoms with Gasteiger partial charge in [0.05, 0.1) is 4.92 Å². The van der Waals surface area contributed by atoms with Crippen LogP contribution < -0.4 is 15.5 Å². The summed E-state index contributed by atoms with van der Waals surface area (Å²) in [5.41, 5.74) is 0.645. The Balaban J connectivity index is 1.78. The number of carbonyl (C=O) groups excluding carboxylic acids is 2. The number of hydrogen-bond donors (Lipinski definition) is 2. The van der Waals surface area contributed by atoms with Gasteiger partial charge in [0.1, 0.15) is 5.69 Å². The summed E-state index contributed by atoms with van der Waals surface area (Å²) in [6, 6.07) is 6.54. The zero-order valence-corrected chi connectivity index (χ0v) is 15.8. The highest BCUT2D eigenvalue weighted by Crippen LogP contribution is 2.28. The van der Waals surface area contributed by atoms with Crippen LogP contribution in [0, 0.1) is 10.1 Å². The van der Waals surface area contributed by atoms with Crippen LogP contribution in [-0.2, 0) is 4.79 Å². The van der Waals surface area contributed by atoms with Crippen molar-refractivity contribution in [3.8, 4) is 0 Å². The zero-order chi connectivity index (χ0) is 19.8. The fourth-order valence-corrected chi connectivity index (χ4v) is 2.88. The van der Waals surface area contributed by atoms with E-state index in [0.29, 0.717) is 31.9 Å². The van der Waals surface area contributed by atoms with Gasteiger partial charge >= 0.3 is 6.03 Å². The van der Waals surface area contributed by atoms with E-state index in [9.17, 15) is 19.7 Å². The maximum Gasteiger partial charge on any atom is 0.317 e. The summed E-state index contributed by atoms with van der Waals surface area (Å²) in [6.07, 6.45) is 1.11. The Morgan fingerprint density at radius 1 is 1.22 bits per heavy atom. The number of nitrogens with one attached hydrogen (secondary N) is 2. The van der Waals surface area contributed by atoms with Crippen molar-refractivity contribution in [1.82, 2.24) is 15.5 Å². The molecular formula is C18H27N5O4. The molecular weight excluding hydrogens is 350 g/mol. The van der Waals surface area contributed by atoms with Gasteiger partial charge in [-0.3, -0.25) is 14.9 Å². The van der Waals surface area contributed by atoms with Gasteiger partial charge in [-0.1, -0.05) is 19.1 Å². The lowest BCUT2D eigenvalue weighted by Crippen LogP contribution is -2.52. The monoisotopic (exact) mass is 377 g/mol. The molecule has 1 aromatic carbocycles. The first kappa shape index (κ1) is 20.5. The molecule has 1 aliphatic rings. The average Bonchev–Trinajstić information content (AvgIpc) is 2.67. The highest BCUT2D eigenvalue weighted by atomic mass is 16.6. The van der Waals surface area contributed by atoms with Crippen LogP contribution >= 0.6 is 0 Å². The summed E-state index contributed by atoms with van der Waals surface area (Å²) in [5.74, 6) is -0.0779. The predicted molar refractivity (Wildman–Crippen MR) is 103 cm³/mol. The van der Waals surface area contributed by atoms with Crippen LogP contribution in [0.1, 0.15) is 26.7 Å². The molecule has 0 saturated carbocycles. The third-order valence-corrected chi connectivity index (χ3v) is 4.63. The standard InChI is InChI=1S/C18H27N5O4/c1-3-14(2)20-17(24)8-9-19-18(25)22-12-10-21(11-13-22)15-6-4-5-7-16(15)23(26)27/h4-7,14H,3,8-13H2,1-2H3,(H,19,25)(H,20,24). The lowest BCUT2D eigenvalue weighted by molar-refractivity contribution is -0.384. The van der Waals surface area contributed by atoms with Crippen molar-refractivity contribution < 1.29 is 14.5 Å². The third kappa shape index (κ3) is 5.83. The molecule has 148 valence electrons. The Kier molecular flexibility index (Phi) is 7.39. The number of anilines is 1. The molecule has 1 fully saturated rings. The quantitative estimate of drug-likeness (QED) is 0.556. The van der Waals surface area contributed by atoms with Crippen molar-refractivity contribution in [2.24, 2.45) is 0 Å². The van der Waals surface area contributed by atoms with Crippen LogP contribution in [0.5, 0.6) is 0 Å². The number of amides is 3. The Bertz CT molecular complexity index is 673. The van der Waals surface area contributed by atoms with Gasteiger partial charge in [-0.15, -0.1) is 0 Å². The molecule has 1 aliphatic heterocycles. The molecule has 0 spiro atoms. The number of hydrogen-bond acceptors (Lipinski definition) is 5. The number of urea groups is 1. The number of carbonyl (C=O) groups is 2. The molecule has 1 heterocycles. The molecule has 1 aromatic rings. The molecule has 9 nitrogen and oxygen atoms in total. The fraction of sp³-hybridized carbons (Fsp3) is 0.556. The Morgan fingerprint density at radius 3 is 2.52 bits per heavy atom. The molecule has 3 amide bonds. The molecule has 1 atom stereocenters. The smallest absolute Gasteiger partial charge is 0.317 e. The second kappa shape index (κ2) is 9.75.